The summed E-state index contributed by atoms with van der Waals surface area (Å²) in [6.07, 6.45) is 3.06. The molecule has 1 nitrogen and oxygen atoms in total. The summed E-state index contributed by atoms with van der Waals surface area (Å²) in [4.78, 5) is 4.61. The van der Waals surface area contributed by atoms with Gasteiger partial charge in [-0.2, -0.15) is 0 Å². The first-order valence-electron chi connectivity index (χ1n) is 8.12. The van der Waals surface area contributed by atoms with Crippen molar-refractivity contribution in [3.8, 4) is 22.4 Å². The van der Waals surface area contributed by atoms with Crippen molar-refractivity contribution in [2.24, 2.45) is 5.41 Å². The van der Waals surface area contributed by atoms with Gasteiger partial charge < -0.3 is 0 Å². The highest BCUT2D eigenvalue weighted by Gasteiger charge is 2.11. The van der Waals surface area contributed by atoms with E-state index >= 15 is 0 Å². The van der Waals surface area contributed by atoms with E-state index < -0.39 is 0 Å². The van der Waals surface area contributed by atoms with Crippen LogP contribution in [0.2, 0.25) is 0 Å². The molecule has 23 heavy (non-hydrogen) atoms. The van der Waals surface area contributed by atoms with E-state index in [0.29, 0.717) is 5.41 Å². The van der Waals surface area contributed by atoms with Crippen molar-refractivity contribution in [1.29, 1.82) is 0 Å². The van der Waals surface area contributed by atoms with Crippen LogP contribution in [0.4, 0.5) is 0 Å². The third-order valence-corrected chi connectivity index (χ3v) is 3.85. The molecular formula is C22H23N. The second kappa shape index (κ2) is 6.37. The van der Waals surface area contributed by atoms with Crippen LogP contribution in [0.3, 0.4) is 0 Å². The maximum absolute atomic E-state index is 4.61. The molecule has 0 bridgehead atoms. The Labute approximate surface area is 139 Å². The van der Waals surface area contributed by atoms with Gasteiger partial charge >= 0.3 is 0 Å². The van der Waals surface area contributed by atoms with E-state index in [4.69, 9.17) is 0 Å². The molecule has 0 N–H and O–H groups in total. The Balaban J connectivity index is 1.80. The first-order chi connectivity index (χ1) is 11.0. The minimum atomic E-state index is 0.320. The Morgan fingerprint density at radius 3 is 1.91 bits per heavy atom. The highest BCUT2D eigenvalue weighted by molar-refractivity contribution is 5.66. The summed E-state index contributed by atoms with van der Waals surface area (Å²) in [5.41, 5.74) is 6.25. The molecule has 3 aromatic rings. The Bertz CT molecular complexity index is 748. The Kier molecular flexibility index (Phi) is 4.29. The van der Waals surface area contributed by atoms with Crippen LogP contribution in [0.25, 0.3) is 22.4 Å². The zero-order valence-electron chi connectivity index (χ0n) is 14.1. The molecule has 1 heteroatoms. The molecule has 1 heterocycles. The van der Waals surface area contributed by atoms with Gasteiger partial charge in [0.05, 0.1) is 5.69 Å². The summed E-state index contributed by atoms with van der Waals surface area (Å²) in [5, 5.41) is 0. The fourth-order valence-corrected chi connectivity index (χ4v) is 2.77. The van der Waals surface area contributed by atoms with Crippen molar-refractivity contribution in [1.82, 2.24) is 4.98 Å². The first kappa shape index (κ1) is 15.5. The second-order valence-electron chi connectivity index (χ2n) is 7.23. The minimum absolute atomic E-state index is 0.320. The van der Waals surface area contributed by atoms with Crippen LogP contribution in [0.15, 0.2) is 72.9 Å². The first-order valence-corrected chi connectivity index (χ1v) is 8.12. The average Bonchev–Trinajstić information content (AvgIpc) is 2.55. The standard InChI is InChI=1S/C22H23N/c1-22(2,3)15-17-9-11-18(12-10-17)20-13-14-21(23-16-20)19-7-5-4-6-8-19/h4-14,16H,15H2,1-3H3. The van der Waals surface area contributed by atoms with Gasteiger partial charge in [-0.3, -0.25) is 4.98 Å². The number of hydrogen-bond donors (Lipinski definition) is 0. The van der Waals surface area contributed by atoms with Crippen LogP contribution in [0, 0.1) is 5.41 Å². The maximum atomic E-state index is 4.61. The SMILES string of the molecule is CC(C)(C)Cc1ccc(-c2ccc(-c3ccccc3)nc2)cc1. The molecular weight excluding hydrogens is 278 g/mol. The summed E-state index contributed by atoms with van der Waals surface area (Å²) in [5.74, 6) is 0. The molecule has 0 aliphatic rings. The van der Waals surface area contributed by atoms with Gasteiger partial charge in [0.15, 0.2) is 0 Å². The van der Waals surface area contributed by atoms with E-state index in [2.05, 4.69) is 74.3 Å². The predicted octanol–water partition coefficient (Wildman–Crippen LogP) is 6.00. The number of benzene rings is 2. The molecule has 116 valence electrons. The van der Waals surface area contributed by atoms with Crippen LogP contribution in [0.5, 0.6) is 0 Å². The summed E-state index contributed by atoms with van der Waals surface area (Å²) in [7, 11) is 0. The summed E-state index contributed by atoms with van der Waals surface area (Å²) >= 11 is 0. The lowest BCUT2D eigenvalue weighted by atomic mass is 9.88. The number of aromatic nitrogens is 1. The normalized spacial score (nSPS) is 11.4. The largest absolute Gasteiger partial charge is 0.256 e. The van der Waals surface area contributed by atoms with Gasteiger partial charge in [0.25, 0.3) is 0 Å². The van der Waals surface area contributed by atoms with E-state index in [0.717, 1.165) is 23.2 Å². The van der Waals surface area contributed by atoms with E-state index in [1.165, 1.54) is 11.1 Å². The van der Waals surface area contributed by atoms with E-state index in [9.17, 15) is 0 Å². The quantitative estimate of drug-likeness (QED) is 0.577. The van der Waals surface area contributed by atoms with Gasteiger partial charge in [-0.05, 0) is 29.0 Å². The third-order valence-electron chi connectivity index (χ3n) is 3.85. The summed E-state index contributed by atoms with van der Waals surface area (Å²) < 4.78 is 0. The van der Waals surface area contributed by atoms with Gasteiger partial charge in [0.1, 0.15) is 0 Å². The lowest BCUT2D eigenvalue weighted by Gasteiger charge is -2.18. The van der Waals surface area contributed by atoms with Gasteiger partial charge in [-0.1, -0.05) is 81.4 Å². The molecule has 1 aromatic heterocycles. The average molecular weight is 301 g/mol. The Morgan fingerprint density at radius 2 is 1.35 bits per heavy atom. The molecule has 0 aliphatic heterocycles. The Hall–Kier alpha value is -2.41. The van der Waals surface area contributed by atoms with Crippen molar-refractivity contribution in [2.75, 3.05) is 0 Å². The molecule has 0 saturated heterocycles. The Morgan fingerprint density at radius 1 is 0.696 bits per heavy atom. The van der Waals surface area contributed by atoms with Crippen molar-refractivity contribution >= 4 is 0 Å². The zero-order chi connectivity index (χ0) is 16.3. The lowest BCUT2D eigenvalue weighted by molar-refractivity contribution is 0.411. The summed E-state index contributed by atoms with van der Waals surface area (Å²) in [6.45, 7) is 6.81. The molecule has 0 radical (unpaired) electrons. The number of nitrogens with zero attached hydrogens (tertiary/aromatic N) is 1. The van der Waals surface area contributed by atoms with Crippen molar-refractivity contribution in [3.05, 3.63) is 78.5 Å². The third kappa shape index (κ3) is 4.07. The van der Waals surface area contributed by atoms with E-state index in [1.807, 2.05) is 24.4 Å². The van der Waals surface area contributed by atoms with Gasteiger partial charge in [-0.25, -0.2) is 0 Å². The monoisotopic (exact) mass is 301 g/mol. The molecule has 0 spiro atoms. The van der Waals surface area contributed by atoms with Crippen molar-refractivity contribution in [3.63, 3.8) is 0 Å². The topological polar surface area (TPSA) is 12.9 Å². The summed E-state index contributed by atoms with van der Waals surface area (Å²) in [6, 6.07) is 23.4. The minimum Gasteiger partial charge on any atom is -0.256 e. The van der Waals surface area contributed by atoms with Gasteiger partial charge in [0.2, 0.25) is 0 Å². The second-order valence-corrected chi connectivity index (χ2v) is 7.23. The fourth-order valence-electron chi connectivity index (χ4n) is 2.77. The van der Waals surface area contributed by atoms with Crippen molar-refractivity contribution < 1.29 is 0 Å². The van der Waals surface area contributed by atoms with Gasteiger partial charge in [0, 0.05) is 17.3 Å². The van der Waals surface area contributed by atoms with Gasteiger partial charge in [-0.15, -0.1) is 0 Å². The van der Waals surface area contributed by atoms with Crippen molar-refractivity contribution in [2.45, 2.75) is 27.2 Å². The number of hydrogen-bond acceptors (Lipinski definition) is 1. The number of rotatable bonds is 3. The lowest BCUT2D eigenvalue weighted by Crippen LogP contribution is -2.08. The highest BCUT2D eigenvalue weighted by Crippen LogP contribution is 2.25. The maximum Gasteiger partial charge on any atom is 0.0702 e. The number of pyridine rings is 1. The van der Waals surface area contributed by atoms with Crippen LogP contribution < -0.4 is 0 Å². The van der Waals surface area contributed by atoms with Crippen LogP contribution in [-0.2, 0) is 6.42 Å². The fraction of sp³-hybridized carbons (Fsp3) is 0.227. The molecule has 0 fully saturated rings. The molecule has 0 aliphatic carbocycles. The molecule has 3 rings (SSSR count). The zero-order valence-corrected chi connectivity index (χ0v) is 14.1. The molecule has 0 amide bonds. The van der Waals surface area contributed by atoms with Crippen LogP contribution in [-0.4, -0.2) is 4.98 Å². The molecule has 2 aromatic carbocycles. The molecule has 0 unspecified atom stereocenters. The van der Waals surface area contributed by atoms with Crippen LogP contribution >= 0.6 is 0 Å². The van der Waals surface area contributed by atoms with E-state index in [1.54, 1.807) is 0 Å². The smallest absolute Gasteiger partial charge is 0.0702 e. The molecule has 0 saturated carbocycles. The molecule has 0 atom stereocenters. The van der Waals surface area contributed by atoms with E-state index in [-0.39, 0.29) is 0 Å². The highest BCUT2D eigenvalue weighted by atomic mass is 14.7. The van der Waals surface area contributed by atoms with Crippen LogP contribution in [0.1, 0.15) is 26.3 Å². The predicted molar refractivity (Wildman–Crippen MR) is 98.3 cm³/mol.